The minimum Gasteiger partial charge on any atom is -0.341 e. The average molecular weight is 531 g/mol. The van der Waals surface area contributed by atoms with Gasteiger partial charge in [0.2, 0.25) is 0 Å². The second-order valence-corrected chi connectivity index (χ2v) is 10.9. The first kappa shape index (κ1) is 25.2. The summed E-state index contributed by atoms with van der Waals surface area (Å²) in [7, 11) is 0. The van der Waals surface area contributed by atoms with E-state index in [2.05, 4.69) is 157 Å². The van der Waals surface area contributed by atoms with Gasteiger partial charge >= 0.3 is 0 Å². The van der Waals surface area contributed by atoms with Gasteiger partial charge in [-0.05, 0) is 91.1 Å². The lowest BCUT2D eigenvalue weighted by Crippen LogP contribution is -1.92. The minimum atomic E-state index is 0.967. The normalized spacial score (nSPS) is 12.3. The summed E-state index contributed by atoms with van der Waals surface area (Å²) in [5, 5.41) is 5.27. The Kier molecular flexibility index (Phi) is 6.32. The average Bonchev–Trinajstić information content (AvgIpc) is 3.50. The Morgan fingerprint density at radius 3 is 1.32 bits per heavy atom. The van der Waals surface area contributed by atoms with Crippen molar-refractivity contribution in [3.8, 4) is 0 Å². The van der Waals surface area contributed by atoms with Gasteiger partial charge in [0, 0.05) is 56.7 Å². The van der Waals surface area contributed by atoms with Crippen molar-refractivity contribution in [3.63, 3.8) is 0 Å². The molecular weight excluding hydrogens is 496 g/mol. The predicted octanol–water partition coefficient (Wildman–Crippen LogP) is 10.6. The molecule has 2 heterocycles. The Balaban J connectivity index is 1.19. The van der Waals surface area contributed by atoms with Gasteiger partial charge in [-0.1, -0.05) is 85.0 Å². The number of rotatable bonds is 6. The number of fused-ring (bicyclic) bond motifs is 6. The van der Waals surface area contributed by atoms with Crippen molar-refractivity contribution in [1.82, 2.24) is 9.13 Å². The highest BCUT2D eigenvalue weighted by Crippen LogP contribution is 2.31. The molecule has 0 fully saturated rings. The molecule has 0 aliphatic heterocycles. The van der Waals surface area contributed by atoms with Gasteiger partial charge in [0.05, 0.1) is 0 Å². The van der Waals surface area contributed by atoms with Crippen molar-refractivity contribution >= 4 is 67.9 Å². The highest BCUT2D eigenvalue weighted by Gasteiger charge is 2.10. The lowest BCUT2D eigenvalue weighted by Gasteiger charge is -2.04. The number of aryl methyl sites for hydroxylation is 3. The molecule has 2 nitrogen and oxygen atoms in total. The van der Waals surface area contributed by atoms with E-state index in [1.165, 1.54) is 71.4 Å². The van der Waals surface area contributed by atoms with Gasteiger partial charge in [0.15, 0.2) is 0 Å². The topological polar surface area (TPSA) is 9.86 Å². The highest BCUT2D eigenvalue weighted by atomic mass is 15.0. The fourth-order valence-corrected chi connectivity index (χ4v) is 6.45. The number of benzene rings is 5. The molecule has 0 unspecified atom stereocenters. The molecule has 0 aliphatic rings. The van der Waals surface area contributed by atoms with Crippen LogP contribution >= 0.6 is 0 Å². The summed E-state index contributed by atoms with van der Waals surface area (Å²) in [4.78, 5) is 0. The first-order valence-electron chi connectivity index (χ1n) is 14.6. The molecule has 7 aromatic rings. The van der Waals surface area contributed by atoms with Crippen molar-refractivity contribution in [2.24, 2.45) is 0 Å². The number of aromatic nitrogens is 2. The Morgan fingerprint density at radius 1 is 0.439 bits per heavy atom. The summed E-state index contributed by atoms with van der Waals surface area (Å²) >= 11 is 0. The number of para-hydroxylation sites is 2. The van der Waals surface area contributed by atoms with Crippen LogP contribution in [0.2, 0.25) is 0 Å². The number of nitrogens with zero attached hydrogens (tertiary/aromatic N) is 2. The number of hydrogen-bond donors (Lipinski definition) is 0. The third-order valence-electron chi connectivity index (χ3n) is 8.28. The minimum absolute atomic E-state index is 0.967. The molecule has 0 atom stereocenters. The summed E-state index contributed by atoms with van der Waals surface area (Å²) in [6, 6.07) is 37.8. The molecule has 0 aliphatic carbocycles. The number of hydrogen-bond acceptors (Lipinski definition) is 0. The standard InChI is InChI=1S/C39H34N2/c1-4-40-36-12-8-6-10-32(36)34-25-28(18-20-38(34)40)14-16-30-22-27(3)23-31(24-30)17-15-29-19-21-39-35(26-29)33-11-7-9-13-37(33)41(39)5-2/h6-26H,4-5H2,1-3H3/b16-14+,17-15+. The fourth-order valence-electron chi connectivity index (χ4n) is 6.45. The van der Waals surface area contributed by atoms with Crippen molar-refractivity contribution in [3.05, 3.63) is 131 Å². The Hall–Kier alpha value is -4.82. The van der Waals surface area contributed by atoms with Crippen LogP contribution in [0.3, 0.4) is 0 Å². The molecule has 41 heavy (non-hydrogen) atoms. The predicted molar refractivity (Wildman–Crippen MR) is 179 cm³/mol. The van der Waals surface area contributed by atoms with Crippen LogP contribution < -0.4 is 0 Å². The van der Waals surface area contributed by atoms with Crippen molar-refractivity contribution in [1.29, 1.82) is 0 Å². The third-order valence-corrected chi connectivity index (χ3v) is 8.28. The molecule has 200 valence electrons. The zero-order valence-corrected chi connectivity index (χ0v) is 23.9. The molecule has 7 rings (SSSR count). The van der Waals surface area contributed by atoms with E-state index in [1.54, 1.807) is 0 Å². The van der Waals surface area contributed by atoms with Crippen LogP contribution in [-0.4, -0.2) is 9.13 Å². The molecule has 0 saturated heterocycles. The van der Waals surface area contributed by atoms with Crippen molar-refractivity contribution in [2.75, 3.05) is 0 Å². The molecule has 2 heteroatoms. The Bertz CT molecular complexity index is 1980. The summed E-state index contributed by atoms with van der Waals surface area (Å²) in [6.45, 7) is 8.54. The SMILES string of the molecule is CCn1c2ccccc2c2cc(/C=C/c3cc(C)cc(/C=C/c4ccc5c(c4)c4ccccc4n5CC)c3)ccc21. The fraction of sp³-hybridized carbons (Fsp3) is 0.128. The maximum Gasteiger partial charge on any atom is 0.0491 e. The lowest BCUT2D eigenvalue weighted by atomic mass is 10.0. The summed E-state index contributed by atoms with van der Waals surface area (Å²) in [5.41, 5.74) is 11.3. The molecule has 0 bridgehead atoms. The maximum absolute atomic E-state index is 2.40. The highest BCUT2D eigenvalue weighted by molar-refractivity contribution is 6.09. The lowest BCUT2D eigenvalue weighted by molar-refractivity contribution is 0.827. The van der Waals surface area contributed by atoms with Gasteiger partial charge < -0.3 is 9.13 Å². The van der Waals surface area contributed by atoms with E-state index in [4.69, 9.17) is 0 Å². The van der Waals surface area contributed by atoms with Gasteiger partial charge in [-0.2, -0.15) is 0 Å². The molecule has 0 radical (unpaired) electrons. The quantitative estimate of drug-likeness (QED) is 0.189. The van der Waals surface area contributed by atoms with E-state index in [9.17, 15) is 0 Å². The second-order valence-electron chi connectivity index (χ2n) is 10.9. The zero-order valence-electron chi connectivity index (χ0n) is 23.9. The van der Waals surface area contributed by atoms with Crippen molar-refractivity contribution in [2.45, 2.75) is 33.9 Å². The third kappa shape index (κ3) is 4.46. The first-order chi connectivity index (χ1) is 20.1. The van der Waals surface area contributed by atoms with Crippen LogP contribution in [0.15, 0.2) is 103 Å². The molecule has 0 N–H and O–H groups in total. The Labute approximate surface area is 241 Å². The summed E-state index contributed by atoms with van der Waals surface area (Å²) < 4.78 is 4.80. The van der Waals surface area contributed by atoms with Gasteiger partial charge in [0.1, 0.15) is 0 Å². The van der Waals surface area contributed by atoms with Crippen molar-refractivity contribution < 1.29 is 0 Å². The maximum atomic E-state index is 2.40. The van der Waals surface area contributed by atoms with Crippen LogP contribution in [0.25, 0.3) is 67.9 Å². The van der Waals surface area contributed by atoms with E-state index in [0.717, 1.165) is 13.1 Å². The largest absolute Gasteiger partial charge is 0.341 e. The molecule has 5 aromatic carbocycles. The van der Waals surface area contributed by atoms with Crippen LogP contribution in [-0.2, 0) is 13.1 Å². The van der Waals surface area contributed by atoms with E-state index < -0.39 is 0 Å². The molecular formula is C39H34N2. The second kappa shape index (κ2) is 10.3. The first-order valence-corrected chi connectivity index (χ1v) is 14.6. The van der Waals surface area contributed by atoms with Gasteiger partial charge in [-0.3, -0.25) is 0 Å². The van der Waals surface area contributed by atoms with Gasteiger partial charge in [0.25, 0.3) is 0 Å². The van der Waals surface area contributed by atoms with Gasteiger partial charge in [-0.15, -0.1) is 0 Å². The van der Waals surface area contributed by atoms with Gasteiger partial charge in [-0.25, -0.2) is 0 Å². The van der Waals surface area contributed by atoms with Crippen LogP contribution in [0.5, 0.6) is 0 Å². The van der Waals surface area contributed by atoms with Crippen LogP contribution in [0.1, 0.15) is 41.7 Å². The summed E-state index contributed by atoms with van der Waals surface area (Å²) in [6.07, 6.45) is 8.93. The van der Waals surface area contributed by atoms with E-state index >= 15 is 0 Å². The molecule has 0 spiro atoms. The molecule has 0 saturated carbocycles. The van der Waals surface area contributed by atoms with E-state index in [-0.39, 0.29) is 0 Å². The molecule has 0 amide bonds. The monoisotopic (exact) mass is 530 g/mol. The zero-order chi connectivity index (χ0) is 27.9. The molecule has 2 aromatic heterocycles. The van der Waals surface area contributed by atoms with Crippen LogP contribution in [0.4, 0.5) is 0 Å². The Morgan fingerprint density at radius 2 is 0.854 bits per heavy atom. The van der Waals surface area contributed by atoms with Crippen LogP contribution in [0, 0.1) is 6.92 Å². The van der Waals surface area contributed by atoms with E-state index in [1.807, 2.05) is 0 Å². The van der Waals surface area contributed by atoms with E-state index in [0.29, 0.717) is 0 Å². The smallest absolute Gasteiger partial charge is 0.0491 e. The summed E-state index contributed by atoms with van der Waals surface area (Å²) in [5.74, 6) is 0.